The Balaban J connectivity index is 2.10. The molecule has 0 saturated carbocycles. The number of carboxylic acid groups (broad SMARTS) is 1. The molecular weight excluding hydrogens is 300 g/mol. The molecule has 0 spiro atoms. The zero-order valence-corrected chi connectivity index (χ0v) is 13.0. The van der Waals surface area contributed by atoms with E-state index in [2.05, 4.69) is 11.1 Å². The summed E-state index contributed by atoms with van der Waals surface area (Å²) in [5.74, 6) is -0.988. The topological polar surface area (TPSA) is 74.0 Å². The van der Waals surface area contributed by atoms with Crippen LogP contribution in [0.25, 0.3) is 22.4 Å². The fourth-order valence-electron chi connectivity index (χ4n) is 2.58. The Kier molecular flexibility index (Phi) is 4.09. The van der Waals surface area contributed by atoms with Gasteiger partial charge in [0.05, 0.1) is 22.9 Å². The first kappa shape index (κ1) is 15.4. The highest BCUT2D eigenvalue weighted by Crippen LogP contribution is 2.28. The van der Waals surface area contributed by atoms with Crippen LogP contribution in [0.5, 0.6) is 0 Å². The Labute approximate surface area is 139 Å². The van der Waals surface area contributed by atoms with Crippen LogP contribution in [0, 0.1) is 18.3 Å². The molecule has 4 nitrogen and oxygen atoms in total. The van der Waals surface area contributed by atoms with Gasteiger partial charge in [-0.15, -0.1) is 0 Å². The molecule has 1 heterocycles. The molecule has 2 aromatic carbocycles. The van der Waals surface area contributed by atoms with Crippen LogP contribution in [0.2, 0.25) is 0 Å². The SMILES string of the molecule is Cc1cnc(-c2ccc(-c3ccccc3)c(C#N)c2)cc1C(=O)O. The Morgan fingerprint density at radius 2 is 1.83 bits per heavy atom. The lowest BCUT2D eigenvalue weighted by Crippen LogP contribution is -2.01. The molecular formula is C20H14N2O2. The number of aromatic carboxylic acids is 1. The average Bonchev–Trinajstić information content (AvgIpc) is 2.62. The van der Waals surface area contributed by atoms with E-state index >= 15 is 0 Å². The van der Waals surface area contributed by atoms with Gasteiger partial charge in [-0.1, -0.05) is 42.5 Å². The first-order chi connectivity index (χ1) is 11.6. The lowest BCUT2D eigenvalue weighted by molar-refractivity contribution is 0.0696. The minimum absolute atomic E-state index is 0.214. The summed E-state index contributed by atoms with van der Waals surface area (Å²) in [5, 5.41) is 18.7. The van der Waals surface area contributed by atoms with Gasteiger partial charge in [0.2, 0.25) is 0 Å². The second-order valence-corrected chi connectivity index (χ2v) is 5.43. The Bertz CT molecular complexity index is 957. The molecule has 0 bridgehead atoms. The van der Waals surface area contributed by atoms with Crippen molar-refractivity contribution in [2.45, 2.75) is 6.92 Å². The molecule has 24 heavy (non-hydrogen) atoms. The lowest BCUT2D eigenvalue weighted by atomic mass is 9.96. The highest BCUT2D eigenvalue weighted by Gasteiger charge is 2.12. The van der Waals surface area contributed by atoms with E-state index in [0.29, 0.717) is 22.4 Å². The van der Waals surface area contributed by atoms with Gasteiger partial charge < -0.3 is 5.11 Å². The van der Waals surface area contributed by atoms with Crippen LogP contribution in [-0.2, 0) is 0 Å². The molecule has 0 radical (unpaired) electrons. The van der Waals surface area contributed by atoms with Crippen molar-refractivity contribution in [1.29, 1.82) is 5.26 Å². The molecule has 0 aliphatic carbocycles. The number of hydrogen-bond acceptors (Lipinski definition) is 3. The minimum atomic E-state index is -0.988. The molecule has 0 aliphatic heterocycles. The first-order valence-corrected chi connectivity index (χ1v) is 7.40. The second-order valence-electron chi connectivity index (χ2n) is 5.43. The van der Waals surface area contributed by atoms with Gasteiger partial charge in [-0.3, -0.25) is 4.98 Å². The van der Waals surface area contributed by atoms with Gasteiger partial charge in [-0.05, 0) is 35.7 Å². The zero-order valence-electron chi connectivity index (χ0n) is 13.0. The highest BCUT2D eigenvalue weighted by atomic mass is 16.4. The van der Waals surface area contributed by atoms with Crippen molar-refractivity contribution in [2.75, 3.05) is 0 Å². The van der Waals surface area contributed by atoms with Gasteiger partial charge in [-0.2, -0.15) is 5.26 Å². The molecule has 1 aromatic heterocycles. The number of carbonyl (C=O) groups is 1. The number of nitriles is 1. The van der Waals surface area contributed by atoms with Crippen LogP contribution in [0.1, 0.15) is 21.5 Å². The summed E-state index contributed by atoms with van der Waals surface area (Å²) >= 11 is 0. The van der Waals surface area contributed by atoms with E-state index in [4.69, 9.17) is 0 Å². The summed E-state index contributed by atoms with van der Waals surface area (Å²) in [6.45, 7) is 1.71. The third-order valence-electron chi connectivity index (χ3n) is 3.85. The number of aromatic nitrogens is 1. The summed E-state index contributed by atoms with van der Waals surface area (Å²) in [5.41, 5.74) is 4.40. The Hall–Kier alpha value is -3.45. The maximum atomic E-state index is 11.3. The van der Waals surface area contributed by atoms with Crippen LogP contribution >= 0.6 is 0 Å². The average molecular weight is 314 g/mol. The van der Waals surface area contributed by atoms with Crippen molar-refractivity contribution in [3.05, 3.63) is 77.5 Å². The summed E-state index contributed by atoms with van der Waals surface area (Å²) < 4.78 is 0. The molecule has 0 saturated heterocycles. The number of hydrogen-bond donors (Lipinski definition) is 1. The van der Waals surface area contributed by atoms with Gasteiger partial charge in [0.25, 0.3) is 0 Å². The van der Waals surface area contributed by atoms with Crippen molar-refractivity contribution in [3.8, 4) is 28.5 Å². The van der Waals surface area contributed by atoms with E-state index in [1.165, 1.54) is 12.3 Å². The highest BCUT2D eigenvalue weighted by molar-refractivity contribution is 5.90. The molecule has 0 unspecified atom stereocenters. The van der Waals surface area contributed by atoms with E-state index in [-0.39, 0.29) is 5.56 Å². The molecule has 4 heteroatoms. The van der Waals surface area contributed by atoms with Crippen molar-refractivity contribution in [2.24, 2.45) is 0 Å². The quantitative estimate of drug-likeness (QED) is 0.782. The third kappa shape index (κ3) is 2.88. The van der Waals surface area contributed by atoms with Crippen molar-refractivity contribution >= 4 is 5.97 Å². The number of rotatable bonds is 3. The fourth-order valence-corrected chi connectivity index (χ4v) is 2.58. The summed E-state index contributed by atoms with van der Waals surface area (Å²) in [7, 11) is 0. The molecule has 116 valence electrons. The Morgan fingerprint density at radius 3 is 2.50 bits per heavy atom. The van der Waals surface area contributed by atoms with Crippen LogP contribution in [0.4, 0.5) is 0 Å². The summed E-state index contributed by atoms with van der Waals surface area (Å²) in [6.07, 6.45) is 1.54. The second kappa shape index (κ2) is 6.35. The van der Waals surface area contributed by atoms with E-state index in [0.717, 1.165) is 11.1 Å². The van der Waals surface area contributed by atoms with Crippen LogP contribution in [0.15, 0.2) is 60.8 Å². The molecule has 0 amide bonds. The largest absolute Gasteiger partial charge is 0.478 e. The maximum absolute atomic E-state index is 11.3. The predicted molar refractivity (Wildman–Crippen MR) is 91.5 cm³/mol. The van der Waals surface area contributed by atoms with Crippen LogP contribution in [0.3, 0.4) is 0 Å². The van der Waals surface area contributed by atoms with Gasteiger partial charge in [-0.25, -0.2) is 4.79 Å². The molecule has 0 aliphatic rings. The normalized spacial score (nSPS) is 10.2. The van der Waals surface area contributed by atoms with Crippen LogP contribution < -0.4 is 0 Å². The molecule has 0 atom stereocenters. The van der Waals surface area contributed by atoms with Crippen molar-refractivity contribution in [3.63, 3.8) is 0 Å². The number of pyridine rings is 1. The molecule has 1 N–H and O–H groups in total. The lowest BCUT2D eigenvalue weighted by Gasteiger charge is -2.09. The Morgan fingerprint density at radius 1 is 1.08 bits per heavy atom. The van der Waals surface area contributed by atoms with Crippen molar-refractivity contribution in [1.82, 2.24) is 4.98 Å². The number of carboxylic acids is 1. The van der Waals surface area contributed by atoms with Gasteiger partial charge in [0.15, 0.2) is 0 Å². The maximum Gasteiger partial charge on any atom is 0.336 e. The zero-order chi connectivity index (χ0) is 17.1. The number of aryl methyl sites for hydroxylation is 1. The fraction of sp³-hybridized carbons (Fsp3) is 0.0500. The van der Waals surface area contributed by atoms with Gasteiger partial charge in [0, 0.05) is 11.8 Å². The molecule has 3 aromatic rings. The summed E-state index contributed by atoms with van der Waals surface area (Å²) in [6, 6.07) is 18.9. The van der Waals surface area contributed by atoms with E-state index < -0.39 is 5.97 Å². The van der Waals surface area contributed by atoms with Gasteiger partial charge in [0.1, 0.15) is 0 Å². The van der Waals surface area contributed by atoms with Crippen molar-refractivity contribution < 1.29 is 9.90 Å². The molecule has 3 rings (SSSR count). The van der Waals surface area contributed by atoms with Crippen LogP contribution in [-0.4, -0.2) is 16.1 Å². The predicted octanol–water partition coefficient (Wildman–Crippen LogP) is 4.29. The third-order valence-corrected chi connectivity index (χ3v) is 3.85. The first-order valence-electron chi connectivity index (χ1n) is 7.40. The summed E-state index contributed by atoms with van der Waals surface area (Å²) in [4.78, 5) is 15.6. The number of nitrogens with zero attached hydrogens (tertiary/aromatic N) is 2. The monoisotopic (exact) mass is 314 g/mol. The van der Waals surface area contributed by atoms with E-state index in [9.17, 15) is 15.2 Å². The van der Waals surface area contributed by atoms with E-state index in [1.807, 2.05) is 42.5 Å². The molecule has 0 fully saturated rings. The van der Waals surface area contributed by atoms with E-state index in [1.54, 1.807) is 13.0 Å². The van der Waals surface area contributed by atoms with Gasteiger partial charge >= 0.3 is 5.97 Å². The smallest absolute Gasteiger partial charge is 0.336 e. The number of benzene rings is 2. The minimum Gasteiger partial charge on any atom is -0.478 e. The standard InChI is InChI=1S/C20H14N2O2/c1-13-12-22-19(10-18(13)20(23)24)15-7-8-17(16(9-15)11-21)14-5-3-2-4-6-14/h2-10,12H,1H3,(H,23,24).